The molecule has 0 bridgehead atoms. The zero-order valence-corrected chi connectivity index (χ0v) is 13.1. The van der Waals surface area contributed by atoms with Gasteiger partial charge in [0.2, 0.25) is 11.9 Å². The standard InChI is InChI=1S/C16H20N2O5/c1-10(2)23-15(19)9-13(11-6-4-3-5-7-11)17-16(20)12-8-14(12)18(21)22/h3-7,10,12-14H,8-9H2,1-2H3,(H,17,20)/t12-,13-,14-/m0/s1. The molecule has 0 spiro atoms. The fourth-order valence-corrected chi connectivity index (χ4v) is 2.39. The summed E-state index contributed by atoms with van der Waals surface area (Å²) >= 11 is 0. The lowest BCUT2D eigenvalue weighted by molar-refractivity contribution is -0.497. The number of carbonyl (C=O) groups is 2. The van der Waals surface area contributed by atoms with E-state index in [1.165, 1.54) is 0 Å². The Labute approximate surface area is 134 Å². The van der Waals surface area contributed by atoms with E-state index in [9.17, 15) is 19.7 Å². The first-order valence-electron chi connectivity index (χ1n) is 7.56. The predicted octanol–water partition coefficient (Wildman–Crippen LogP) is 1.85. The van der Waals surface area contributed by atoms with Crippen molar-refractivity contribution in [3.63, 3.8) is 0 Å². The average Bonchev–Trinajstić information content (AvgIpc) is 3.27. The second-order valence-electron chi connectivity index (χ2n) is 5.91. The zero-order valence-electron chi connectivity index (χ0n) is 13.1. The number of esters is 1. The maximum absolute atomic E-state index is 12.1. The lowest BCUT2D eigenvalue weighted by atomic mass is 10.0. The van der Waals surface area contributed by atoms with Gasteiger partial charge in [0.1, 0.15) is 5.92 Å². The van der Waals surface area contributed by atoms with Crippen LogP contribution in [0.3, 0.4) is 0 Å². The molecule has 1 amide bonds. The van der Waals surface area contributed by atoms with E-state index in [1.54, 1.807) is 38.1 Å². The zero-order chi connectivity index (χ0) is 17.0. The highest BCUT2D eigenvalue weighted by molar-refractivity contribution is 5.83. The third-order valence-electron chi connectivity index (χ3n) is 3.62. The number of nitrogens with one attached hydrogen (secondary N) is 1. The smallest absolute Gasteiger partial charge is 0.308 e. The number of nitrogens with zero attached hydrogens (tertiary/aromatic N) is 1. The van der Waals surface area contributed by atoms with Crippen molar-refractivity contribution in [2.45, 2.75) is 44.9 Å². The highest BCUT2D eigenvalue weighted by Gasteiger charge is 2.53. The third kappa shape index (κ3) is 4.77. The Bertz CT molecular complexity index is 587. The molecule has 7 heteroatoms. The van der Waals surface area contributed by atoms with Crippen LogP contribution in [0.15, 0.2) is 30.3 Å². The number of amides is 1. The molecule has 3 atom stereocenters. The highest BCUT2D eigenvalue weighted by atomic mass is 16.6. The summed E-state index contributed by atoms with van der Waals surface area (Å²) in [4.78, 5) is 34.3. The molecule has 0 unspecified atom stereocenters. The highest BCUT2D eigenvalue weighted by Crippen LogP contribution is 2.34. The summed E-state index contributed by atoms with van der Waals surface area (Å²) in [5, 5.41) is 13.4. The quantitative estimate of drug-likeness (QED) is 0.469. The summed E-state index contributed by atoms with van der Waals surface area (Å²) in [7, 11) is 0. The summed E-state index contributed by atoms with van der Waals surface area (Å²) in [6, 6.07) is 7.67. The van der Waals surface area contributed by atoms with Crippen molar-refractivity contribution in [3.05, 3.63) is 46.0 Å². The molecule has 1 aliphatic rings. The monoisotopic (exact) mass is 320 g/mol. The van der Waals surface area contributed by atoms with E-state index in [0.717, 1.165) is 5.56 Å². The van der Waals surface area contributed by atoms with Crippen LogP contribution in [0.2, 0.25) is 0 Å². The molecule has 0 heterocycles. The largest absolute Gasteiger partial charge is 0.463 e. The van der Waals surface area contributed by atoms with Crippen molar-refractivity contribution in [3.8, 4) is 0 Å². The molecule has 1 aromatic rings. The van der Waals surface area contributed by atoms with Crippen LogP contribution in [0, 0.1) is 16.0 Å². The maximum atomic E-state index is 12.1. The van der Waals surface area contributed by atoms with E-state index in [4.69, 9.17) is 4.74 Å². The van der Waals surface area contributed by atoms with Gasteiger partial charge in [-0.15, -0.1) is 0 Å². The van der Waals surface area contributed by atoms with Crippen molar-refractivity contribution < 1.29 is 19.2 Å². The number of rotatable bonds is 7. The van der Waals surface area contributed by atoms with Crippen LogP contribution >= 0.6 is 0 Å². The second-order valence-corrected chi connectivity index (χ2v) is 5.91. The van der Waals surface area contributed by atoms with Gasteiger partial charge in [0, 0.05) is 11.3 Å². The predicted molar refractivity (Wildman–Crippen MR) is 82.1 cm³/mol. The van der Waals surface area contributed by atoms with Gasteiger partial charge in [-0.3, -0.25) is 19.7 Å². The minimum atomic E-state index is -0.811. The molecule has 23 heavy (non-hydrogen) atoms. The van der Waals surface area contributed by atoms with Gasteiger partial charge in [0.15, 0.2) is 0 Å². The topological polar surface area (TPSA) is 98.5 Å². The summed E-state index contributed by atoms with van der Waals surface area (Å²) in [6.07, 6.45) is -0.00229. The van der Waals surface area contributed by atoms with E-state index in [2.05, 4.69) is 5.32 Å². The van der Waals surface area contributed by atoms with E-state index >= 15 is 0 Å². The van der Waals surface area contributed by atoms with Crippen molar-refractivity contribution in [1.29, 1.82) is 0 Å². The van der Waals surface area contributed by atoms with Crippen LogP contribution in [0.25, 0.3) is 0 Å². The van der Waals surface area contributed by atoms with Crippen LogP contribution in [0.4, 0.5) is 0 Å². The van der Waals surface area contributed by atoms with Gasteiger partial charge in [-0.2, -0.15) is 0 Å². The lowest BCUT2D eigenvalue weighted by Crippen LogP contribution is -2.33. The minimum Gasteiger partial charge on any atom is -0.463 e. The van der Waals surface area contributed by atoms with Gasteiger partial charge in [-0.1, -0.05) is 30.3 Å². The van der Waals surface area contributed by atoms with Crippen molar-refractivity contribution in [2.24, 2.45) is 5.92 Å². The first-order chi connectivity index (χ1) is 10.9. The third-order valence-corrected chi connectivity index (χ3v) is 3.62. The number of benzene rings is 1. The minimum absolute atomic E-state index is 0.0101. The van der Waals surface area contributed by atoms with Gasteiger partial charge in [0.25, 0.3) is 0 Å². The van der Waals surface area contributed by atoms with Crippen LogP contribution in [0.5, 0.6) is 0 Å². The molecule has 7 nitrogen and oxygen atoms in total. The summed E-state index contributed by atoms with van der Waals surface area (Å²) in [5.41, 5.74) is 0.764. The number of hydrogen-bond acceptors (Lipinski definition) is 5. The molecule has 1 aromatic carbocycles. The number of nitro groups is 1. The molecule has 0 saturated heterocycles. The summed E-state index contributed by atoms with van der Waals surface area (Å²) in [6.45, 7) is 3.50. The van der Waals surface area contributed by atoms with Gasteiger partial charge in [-0.05, 0) is 19.4 Å². The molecule has 124 valence electrons. The first kappa shape index (κ1) is 16.9. The van der Waals surface area contributed by atoms with Gasteiger partial charge in [0.05, 0.1) is 18.6 Å². The van der Waals surface area contributed by atoms with Crippen molar-refractivity contribution >= 4 is 11.9 Å². The molecule has 2 rings (SSSR count). The van der Waals surface area contributed by atoms with E-state index in [-0.39, 0.29) is 18.9 Å². The number of hydrogen-bond donors (Lipinski definition) is 1. The van der Waals surface area contributed by atoms with Crippen molar-refractivity contribution in [1.82, 2.24) is 5.32 Å². The van der Waals surface area contributed by atoms with Crippen LogP contribution in [0.1, 0.15) is 38.3 Å². The van der Waals surface area contributed by atoms with Crippen LogP contribution in [-0.4, -0.2) is 28.9 Å². The maximum Gasteiger partial charge on any atom is 0.308 e. The second kappa shape index (κ2) is 7.21. The van der Waals surface area contributed by atoms with Crippen molar-refractivity contribution in [2.75, 3.05) is 0 Å². The number of carbonyl (C=O) groups excluding carboxylic acids is 2. The Morgan fingerprint density at radius 1 is 1.35 bits per heavy atom. The molecular weight excluding hydrogens is 300 g/mol. The average molecular weight is 320 g/mol. The number of ether oxygens (including phenoxy) is 1. The molecule has 1 N–H and O–H groups in total. The van der Waals surface area contributed by atoms with E-state index in [0.29, 0.717) is 0 Å². The molecule has 0 aromatic heterocycles. The Hall–Kier alpha value is -2.44. The molecule has 0 radical (unpaired) electrons. The van der Waals surface area contributed by atoms with Crippen LogP contribution < -0.4 is 5.32 Å². The van der Waals surface area contributed by atoms with E-state index in [1.807, 2.05) is 6.07 Å². The fourth-order valence-electron chi connectivity index (χ4n) is 2.39. The van der Waals surface area contributed by atoms with Gasteiger partial charge < -0.3 is 10.1 Å². The molecule has 0 aliphatic heterocycles. The SMILES string of the molecule is CC(C)OC(=O)C[C@H](NC(=O)[C@H]1C[C@@H]1[N+](=O)[O-])c1ccccc1. The Morgan fingerprint density at radius 2 is 2.00 bits per heavy atom. The summed E-state index contributed by atoms with van der Waals surface area (Å²) < 4.78 is 5.12. The lowest BCUT2D eigenvalue weighted by Gasteiger charge is -2.19. The first-order valence-corrected chi connectivity index (χ1v) is 7.56. The Kier molecular flexibility index (Phi) is 5.31. The fraction of sp³-hybridized carbons (Fsp3) is 0.500. The van der Waals surface area contributed by atoms with Crippen LogP contribution in [-0.2, 0) is 14.3 Å². The summed E-state index contributed by atoms with van der Waals surface area (Å²) in [5.74, 6) is -1.42. The van der Waals surface area contributed by atoms with Gasteiger partial charge >= 0.3 is 5.97 Å². The molecular formula is C16H20N2O5. The normalized spacial score (nSPS) is 20.7. The molecule has 1 fully saturated rings. The van der Waals surface area contributed by atoms with Gasteiger partial charge in [-0.25, -0.2) is 0 Å². The molecule has 1 saturated carbocycles. The Morgan fingerprint density at radius 3 is 2.52 bits per heavy atom. The molecule has 1 aliphatic carbocycles. The Balaban J connectivity index is 2.04. The van der Waals surface area contributed by atoms with E-state index < -0.39 is 34.8 Å².